The van der Waals surface area contributed by atoms with E-state index in [1.54, 1.807) is 12.1 Å². The highest BCUT2D eigenvalue weighted by atomic mass is 35.5. The fourth-order valence-electron chi connectivity index (χ4n) is 3.31. The summed E-state index contributed by atoms with van der Waals surface area (Å²) >= 11 is 8.83. The predicted octanol–water partition coefficient (Wildman–Crippen LogP) is 4.21. The first kappa shape index (κ1) is 19.7. The maximum absolute atomic E-state index is 12.4. The Morgan fingerprint density at radius 1 is 1.43 bits per heavy atom. The standard InChI is InChI=1S/C19H20ClN3O3S2/c20-12-3-4-15-14(7-12)22-18(25)16(28-15)8-17(24)23-19-21-9-13(27-19)6-11-2-1-5-26-10-11/h3-4,7,9,11,16H,1-2,5-6,8,10H2,(H,22,25)(H,21,23,24). The van der Waals surface area contributed by atoms with E-state index >= 15 is 0 Å². The zero-order chi connectivity index (χ0) is 19.5. The zero-order valence-electron chi connectivity index (χ0n) is 15.1. The minimum Gasteiger partial charge on any atom is -0.381 e. The van der Waals surface area contributed by atoms with Crippen molar-refractivity contribution in [1.82, 2.24) is 4.98 Å². The van der Waals surface area contributed by atoms with E-state index in [0.717, 1.165) is 35.8 Å². The molecule has 2 amide bonds. The maximum Gasteiger partial charge on any atom is 0.238 e. The monoisotopic (exact) mass is 437 g/mol. The molecule has 2 aromatic rings. The van der Waals surface area contributed by atoms with Crippen LogP contribution in [0.15, 0.2) is 29.3 Å². The van der Waals surface area contributed by atoms with Crippen molar-refractivity contribution in [3.05, 3.63) is 34.3 Å². The van der Waals surface area contributed by atoms with Gasteiger partial charge in [0.15, 0.2) is 5.13 Å². The predicted molar refractivity (Wildman–Crippen MR) is 112 cm³/mol. The van der Waals surface area contributed by atoms with Crippen molar-refractivity contribution in [2.75, 3.05) is 23.8 Å². The van der Waals surface area contributed by atoms with E-state index in [4.69, 9.17) is 16.3 Å². The summed E-state index contributed by atoms with van der Waals surface area (Å²) in [5.41, 5.74) is 0.690. The van der Waals surface area contributed by atoms with Crippen LogP contribution in [0.4, 0.5) is 10.8 Å². The SMILES string of the molecule is O=C(CC1Sc2ccc(Cl)cc2NC1=O)Nc1ncc(CC2CCCOC2)s1. The van der Waals surface area contributed by atoms with Crippen LogP contribution in [-0.2, 0) is 20.7 Å². The molecule has 2 aliphatic heterocycles. The maximum atomic E-state index is 12.4. The van der Waals surface area contributed by atoms with Crippen LogP contribution in [0.3, 0.4) is 0 Å². The van der Waals surface area contributed by atoms with Gasteiger partial charge in [0.2, 0.25) is 11.8 Å². The van der Waals surface area contributed by atoms with Crippen molar-refractivity contribution in [3.63, 3.8) is 0 Å². The molecule has 148 valence electrons. The Morgan fingerprint density at radius 2 is 2.32 bits per heavy atom. The Balaban J connectivity index is 1.32. The quantitative estimate of drug-likeness (QED) is 0.732. The number of aromatic nitrogens is 1. The lowest BCUT2D eigenvalue weighted by Crippen LogP contribution is -2.32. The van der Waals surface area contributed by atoms with Crippen molar-refractivity contribution < 1.29 is 14.3 Å². The number of rotatable bonds is 5. The number of hydrogen-bond acceptors (Lipinski definition) is 6. The van der Waals surface area contributed by atoms with Crippen LogP contribution < -0.4 is 10.6 Å². The minimum absolute atomic E-state index is 0.0872. The van der Waals surface area contributed by atoms with Crippen LogP contribution in [0.1, 0.15) is 24.1 Å². The third-order valence-electron chi connectivity index (χ3n) is 4.68. The van der Waals surface area contributed by atoms with E-state index in [1.165, 1.54) is 29.5 Å². The molecule has 0 spiro atoms. The molecule has 6 nitrogen and oxygen atoms in total. The Bertz CT molecular complexity index is 883. The molecular formula is C19H20ClN3O3S2. The summed E-state index contributed by atoms with van der Waals surface area (Å²) < 4.78 is 5.52. The average Bonchev–Trinajstić information content (AvgIpc) is 3.10. The van der Waals surface area contributed by atoms with E-state index in [2.05, 4.69) is 15.6 Å². The van der Waals surface area contributed by atoms with Gasteiger partial charge in [0.1, 0.15) is 0 Å². The largest absolute Gasteiger partial charge is 0.381 e. The highest BCUT2D eigenvalue weighted by Gasteiger charge is 2.29. The van der Waals surface area contributed by atoms with Gasteiger partial charge in [-0.3, -0.25) is 9.59 Å². The molecule has 1 saturated heterocycles. The van der Waals surface area contributed by atoms with Crippen LogP contribution in [-0.4, -0.2) is 35.3 Å². The third kappa shape index (κ3) is 4.86. The van der Waals surface area contributed by atoms with Gasteiger partial charge in [-0.2, -0.15) is 0 Å². The summed E-state index contributed by atoms with van der Waals surface area (Å²) in [5, 5.41) is 6.30. The molecule has 4 rings (SSSR count). The van der Waals surface area contributed by atoms with Crippen molar-refractivity contribution in [1.29, 1.82) is 0 Å². The number of ether oxygens (including phenoxy) is 1. The van der Waals surface area contributed by atoms with Crippen LogP contribution in [0.5, 0.6) is 0 Å². The van der Waals surface area contributed by atoms with Crippen LogP contribution in [0.2, 0.25) is 5.02 Å². The van der Waals surface area contributed by atoms with Gasteiger partial charge in [0.05, 0.1) is 10.9 Å². The molecule has 1 aromatic carbocycles. The molecule has 28 heavy (non-hydrogen) atoms. The Morgan fingerprint density at radius 3 is 3.14 bits per heavy atom. The molecule has 2 atom stereocenters. The molecule has 2 N–H and O–H groups in total. The van der Waals surface area contributed by atoms with E-state index in [0.29, 0.717) is 21.8 Å². The number of fused-ring (bicyclic) bond motifs is 1. The highest BCUT2D eigenvalue weighted by Crippen LogP contribution is 2.38. The number of carbonyl (C=O) groups is 2. The van der Waals surface area contributed by atoms with E-state index in [-0.39, 0.29) is 18.2 Å². The van der Waals surface area contributed by atoms with E-state index in [9.17, 15) is 9.59 Å². The fraction of sp³-hybridized carbons (Fsp3) is 0.421. The van der Waals surface area contributed by atoms with Gasteiger partial charge in [0.25, 0.3) is 0 Å². The second kappa shape index (κ2) is 8.82. The number of benzene rings is 1. The number of nitrogens with zero attached hydrogens (tertiary/aromatic N) is 1. The van der Waals surface area contributed by atoms with Gasteiger partial charge >= 0.3 is 0 Å². The van der Waals surface area contributed by atoms with Gasteiger partial charge in [0, 0.05) is 40.6 Å². The zero-order valence-corrected chi connectivity index (χ0v) is 17.5. The van der Waals surface area contributed by atoms with Crippen molar-refractivity contribution in [2.24, 2.45) is 5.92 Å². The lowest BCUT2D eigenvalue weighted by Gasteiger charge is -2.23. The van der Waals surface area contributed by atoms with Crippen LogP contribution >= 0.6 is 34.7 Å². The van der Waals surface area contributed by atoms with E-state index in [1.807, 2.05) is 12.3 Å². The van der Waals surface area contributed by atoms with Crippen molar-refractivity contribution in [3.8, 4) is 0 Å². The fourth-order valence-corrected chi connectivity index (χ4v) is 5.51. The minimum atomic E-state index is -0.479. The second-order valence-corrected chi connectivity index (χ2v) is 9.70. The molecule has 1 aromatic heterocycles. The van der Waals surface area contributed by atoms with Crippen molar-refractivity contribution in [2.45, 2.75) is 35.8 Å². The lowest BCUT2D eigenvalue weighted by molar-refractivity contribution is -0.120. The first-order valence-corrected chi connectivity index (χ1v) is 11.2. The molecule has 0 radical (unpaired) electrons. The highest BCUT2D eigenvalue weighted by molar-refractivity contribution is 8.01. The first-order valence-electron chi connectivity index (χ1n) is 9.16. The number of halogens is 1. The third-order valence-corrected chi connectivity index (χ3v) is 7.12. The number of anilines is 2. The summed E-state index contributed by atoms with van der Waals surface area (Å²) in [5.74, 6) is 0.118. The number of amides is 2. The van der Waals surface area contributed by atoms with Crippen LogP contribution in [0, 0.1) is 5.92 Å². The number of nitrogens with one attached hydrogen (secondary N) is 2. The van der Waals surface area contributed by atoms with Crippen molar-refractivity contribution >= 4 is 57.3 Å². The summed E-state index contributed by atoms with van der Waals surface area (Å²) in [7, 11) is 0. The van der Waals surface area contributed by atoms with Gasteiger partial charge in [-0.25, -0.2) is 4.98 Å². The number of thioether (sulfide) groups is 1. The molecule has 2 aliphatic rings. The summed E-state index contributed by atoms with van der Waals surface area (Å²) in [6.45, 7) is 1.64. The van der Waals surface area contributed by atoms with Gasteiger partial charge in [-0.1, -0.05) is 11.6 Å². The Kier molecular flexibility index (Phi) is 6.20. The van der Waals surface area contributed by atoms with Gasteiger partial charge < -0.3 is 15.4 Å². The Labute approximate surface area is 176 Å². The molecule has 3 heterocycles. The lowest BCUT2D eigenvalue weighted by atomic mass is 9.98. The number of thiazole rings is 1. The van der Waals surface area contributed by atoms with Gasteiger partial charge in [-0.15, -0.1) is 23.1 Å². The average molecular weight is 438 g/mol. The molecule has 9 heteroatoms. The summed E-state index contributed by atoms with van der Waals surface area (Å²) in [6.07, 6.45) is 5.10. The van der Waals surface area contributed by atoms with Gasteiger partial charge in [-0.05, 0) is 43.4 Å². The molecule has 1 fully saturated rings. The molecule has 0 saturated carbocycles. The Hall–Kier alpha value is -1.61. The van der Waals surface area contributed by atoms with E-state index < -0.39 is 5.25 Å². The second-order valence-electron chi connectivity index (χ2n) is 6.91. The molecule has 0 aliphatic carbocycles. The molecule has 2 unspecified atom stereocenters. The number of hydrogen-bond donors (Lipinski definition) is 2. The topological polar surface area (TPSA) is 80.3 Å². The first-order chi connectivity index (χ1) is 13.6. The smallest absolute Gasteiger partial charge is 0.238 e. The molecule has 0 bridgehead atoms. The molecular weight excluding hydrogens is 418 g/mol. The summed E-state index contributed by atoms with van der Waals surface area (Å²) in [6, 6.07) is 5.34. The normalized spacial score (nSPS) is 21.7. The summed E-state index contributed by atoms with van der Waals surface area (Å²) in [4.78, 5) is 31.1. The number of carbonyl (C=O) groups excluding carboxylic acids is 2. The van der Waals surface area contributed by atoms with Crippen LogP contribution in [0.25, 0.3) is 0 Å².